The van der Waals surface area contributed by atoms with E-state index < -0.39 is 12.3 Å². The van der Waals surface area contributed by atoms with Crippen molar-refractivity contribution >= 4 is 11.8 Å². The lowest BCUT2D eigenvalue weighted by atomic mass is 9.91. The van der Waals surface area contributed by atoms with Crippen molar-refractivity contribution in [2.75, 3.05) is 13.7 Å². The van der Waals surface area contributed by atoms with Crippen LogP contribution >= 0.6 is 0 Å². The standard InChI is InChI=1S/C33H40N2O4/c1-24(2)29(23-38-22-26-14-8-5-9-15-26)34-32(28-18-12-7-13-19-28)35-30(27-16-10-6-11-17-27)20-21-31(33(35)37-4)39-25(3)36/h5-19,24,29-31,33H,20-23H2,1-4H3/t29-,30+,31-,33-/m1/s1. The van der Waals surface area contributed by atoms with Crippen molar-refractivity contribution in [2.45, 2.75) is 64.6 Å². The molecule has 4 rings (SSSR count). The first-order valence-electron chi connectivity index (χ1n) is 13.8. The molecule has 0 spiro atoms. The zero-order valence-electron chi connectivity index (χ0n) is 23.4. The van der Waals surface area contributed by atoms with Gasteiger partial charge in [-0.15, -0.1) is 0 Å². The quantitative estimate of drug-likeness (QED) is 0.173. The summed E-state index contributed by atoms with van der Waals surface area (Å²) in [7, 11) is 1.67. The lowest BCUT2D eigenvalue weighted by Crippen LogP contribution is -2.55. The van der Waals surface area contributed by atoms with Crippen LogP contribution in [0.4, 0.5) is 0 Å². The molecule has 0 aromatic heterocycles. The van der Waals surface area contributed by atoms with Crippen LogP contribution in [0.2, 0.25) is 0 Å². The van der Waals surface area contributed by atoms with Gasteiger partial charge < -0.3 is 19.1 Å². The van der Waals surface area contributed by atoms with Gasteiger partial charge in [-0.2, -0.15) is 0 Å². The molecule has 6 nitrogen and oxygen atoms in total. The van der Waals surface area contributed by atoms with E-state index in [-0.39, 0.29) is 24.0 Å². The number of aliphatic imine (C=N–C) groups is 1. The zero-order valence-corrected chi connectivity index (χ0v) is 23.4. The van der Waals surface area contributed by atoms with E-state index >= 15 is 0 Å². The third kappa shape index (κ3) is 7.55. The zero-order chi connectivity index (χ0) is 27.6. The maximum Gasteiger partial charge on any atom is 0.303 e. The molecule has 1 aliphatic heterocycles. The highest BCUT2D eigenvalue weighted by Crippen LogP contribution is 2.38. The molecule has 0 amide bonds. The van der Waals surface area contributed by atoms with Gasteiger partial charge in [0.1, 0.15) is 11.9 Å². The topological polar surface area (TPSA) is 60.4 Å². The van der Waals surface area contributed by atoms with Gasteiger partial charge in [-0.05, 0) is 29.9 Å². The number of hydrogen-bond acceptors (Lipinski definition) is 5. The van der Waals surface area contributed by atoms with E-state index in [9.17, 15) is 4.79 Å². The van der Waals surface area contributed by atoms with Crippen molar-refractivity contribution < 1.29 is 19.0 Å². The highest BCUT2D eigenvalue weighted by atomic mass is 16.6. The smallest absolute Gasteiger partial charge is 0.303 e. The Morgan fingerprint density at radius 2 is 1.54 bits per heavy atom. The van der Waals surface area contributed by atoms with Crippen LogP contribution in [0.1, 0.15) is 56.3 Å². The van der Waals surface area contributed by atoms with Crippen LogP contribution in [-0.4, -0.2) is 48.8 Å². The predicted octanol–water partition coefficient (Wildman–Crippen LogP) is 6.42. The van der Waals surface area contributed by atoms with E-state index in [4.69, 9.17) is 19.2 Å². The van der Waals surface area contributed by atoms with Gasteiger partial charge in [0, 0.05) is 19.6 Å². The molecule has 0 N–H and O–H groups in total. The summed E-state index contributed by atoms with van der Waals surface area (Å²) in [6, 6.07) is 30.7. The summed E-state index contributed by atoms with van der Waals surface area (Å²) in [5.74, 6) is 0.743. The fraction of sp³-hybridized carbons (Fsp3) is 0.394. The lowest BCUT2D eigenvalue weighted by Gasteiger charge is -2.47. The first-order chi connectivity index (χ1) is 19.0. The number of piperidine rings is 1. The third-order valence-corrected chi connectivity index (χ3v) is 7.13. The number of ether oxygens (including phenoxy) is 3. The molecule has 206 valence electrons. The number of hydrogen-bond donors (Lipinski definition) is 0. The van der Waals surface area contributed by atoms with Gasteiger partial charge in [0.15, 0.2) is 6.23 Å². The van der Waals surface area contributed by atoms with Crippen molar-refractivity contribution in [1.82, 2.24) is 4.90 Å². The minimum Gasteiger partial charge on any atom is -0.458 e. The molecule has 3 aromatic rings. The maximum atomic E-state index is 12.0. The summed E-state index contributed by atoms with van der Waals surface area (Å²) in [5, 5.41) is 0. The van der Waals surface area contributed by atoms with Crippen molar-refractivity contribution in [1.29, 1.82) is 0 Å². The van der Waals surface area contributed by atoms with Gasteiger partial charge in [0.25, 0.3) is 0 Å². The number of likely N-dealkylation sites (tertiary alicyclic amines) is 1. The largest absolute Gasteiger partial charge is 0.458 e. The van der Waals surface area contributed by atoms with Gasteiger partial charge in [-0.3, -0.25) is 9.79 Å². The molecule has 39 heavy (non-hydrogen) atoms. The van der Waals surface area contributed by atoms with Crippen LogP contribution in [-0.2, 0) is 25.6 Å². The maximum absolute atomic E-state index is 12.0. The van der Waals surface area contributed by atoms with E-state index in [1.807, 2.05) is 42.5 Å². The molecule has 0 radical (unpaired) electrons. The number of benzene rings is 3. The third-order valence-electron chi connectivity index (χ3n) is 7.13. The van der Waals surface area contributed by atoms with Gasteiger partial charge >= 0.3 is 5.97 Å². The molecular formula is C33H40N2O4. The van der Waals surface area contributed by atoms with E-state index in [0.717, 1.165) is 23.4 Å². The molecule has 4 atom stereocenters. The van der Waals surface area contributed by atoms with Gasteiger partial charge in [-0.25, -0.2) is 0 Å². The molecule has 1 fully saturated rings. The summed E-state index contributed by atoms with van der Waals surface area (Å²) in [4.78, 5) is 19.6. The van der Waals surface area contributed by atoms with Crippen LogP contribution in [0.3, 0.4) is 0 Å². The first kappa shape index (κ1) is 28.5. The number of carbonyl (C=O) groups is 1. The fourth-order valence-corrected chi connectivity index (χ4v) is 5.11. The van der Waals surface area contributed by atoms with Gasteiger partial charge in [-0.1, -0.05) is 105 Å². The van der Waals surface area contributed by atoms with Crippen LogP contribution < -0.4 is 0 Å². The van der Waals surface area contributed by atoms with Crippen LogP contribution in [0.5, 0.6) is 0 Å². The van der Waals surface area contributed by atoms with Crippen molar-refractivity contribution in [3.05, 3.63) is 108 Å². The summed E-state index contributed by atoms with van der Waals surface area (Å²) in [5.41, 5.74) is 3.29. The Bertz CT molecular complexity index is 1180. The minimum atomic E-state index is -0.495. The second-order valence-electron chi connectivity index (χ2n) is 10.3. The summed E-state index contributed by atoms with van der Waals surface area (Å²) in [6.07, 6.45) is 0.590. The molecule has 0 saturated carbocycles. The second-order valence-corrected chi connectivity index (χ2v) is 10.3. The Morgan fingerprint density at radius 1 is 0.923 bits per heavy atom. The first-order valence-corrected chi connectivity index (χ1v) is 13.8. The molecule has 6 heteroatoms. The molecule has 1 aliphatic rings. The molecule has 1 heterocycles. The Kier molecular flexibility index (Phi) is 10.3. The van der Waals surface area contributed by atoms with E-state index in [0.29, 0.717) is 19.6 Å². The molecule has 0 unspecified atom stereocenters. The number of esters is 1. The summed E-state index contributed by atoms with van der Waals surface area (Å²) < 4.78 is 18.0. The lowest BCUT2D eigenvalue weighted by molar-refractivity contribution is -0.171. The monoisotopic (exact) mass is 528 g/mol. The highest BCUT2D eigenvalue weighted by Gasteiger charge is 2.42. The number of nitrogens with zero attached hydrogens (tertiary/aromatic N) is 2. The number of amidine groups is 1. The SMILES string of the molecule is CO[C@@H]1[C@H](OC(C)=O)CC[C@@H](c2ccccc2)N1C(=N[C@H](COCc1ccccc1)C(C)C)c1ccccc1. The summed E-state index contributed by atoms with van der Waals surface area (Å²) in [6.45, 7) is 6.81. The Labute approximate surface area is 232 Å². The van der Waals surface area contributed by atoms with Crippen molar-refractivity contribution in [3.8, 4) is 0 Å². The van der Waals surface area contributed by atoms with Crippen molar-refractivity contribution in [2.24, 2.45) is 10.9 Å². The molecular weight excluding hydrogens is 488 g/mol. The Morgan fingerprint density at radius 3 is 2.13 bits per heavy atom. The second kappa shape index (κ2) is 14.1. The Hall–Kier alpha value is -3.48. The van der Waals surface area contributed by atoms with Crippen LogP contribution in [0, 0.1) is 5.92 Å². The number of carbonyl (C=O) groups excluding carboxylic acids is 1. The van der Waals surface area contributed by atoms with E-state index in [2.05, 4.69) is 67.3 Å². The fourth-order valence-electron chi connectivity index (χ4n) is 5.11. The summed E-state index contributed by atoms with van der Waals surface area (Å²) >= 11 is 0. The van der Waals surface area contributed by atoms with Gasteiger partial charge in [0.2, 0.25) is 0 Å². The van der Waals surface area contributed by atoms with Crippen molar-refractivity contribution in [3.63, 3.8) is 0 Å². The van der Waals surface area contributed by atoms with Gasteiger partial charge in [0.05, 0.1) is 25.3 Å². The molecule has 0 bridgehead atoms. The predicted molar refractivity (Wildman–Crippen MR) is 154 cm³/mol. The number of rotatable bonds is 10. The van der Waals surface area contributed by atoms with E-state index in [1.54, 1.807) is 7.11 Å². The molecule has 1 saturated heterocycles. The van der Waals surface area contributed by atoms with Crippen LogP contribution in [0.15, 0.2) is 96.0 Å². The average molecular weight is 529 g/mol. The number of methoxy groups -OCH3 is 1. The minimum absolute atomic E-state index is 0.0000337. The molecule has 3 aromatic carbocycles. The normalized spacial score (nSPS) is 20.6. The molecule has 0 aliphatic carbocycles. The van der Waals surface area contributed by atoms with Crippen LogP contribution in [0.25, 0.3) is 0 Å². The van der Waals surface area contributed by atoms with E-state index in [1.165, 1.54) is 12.5 Å². The highest BCUT2D eigenvalue weighted by molar-refractivity contribution is 5.99. The Balaban J connectivity index is 1.75. The average Bonchev–Trinajstić information content (AvgIpc) is 2.96.